The van der Waals surface area contributed by atoms with Gasteiger partial charge in [-0.05, 0) is 42.5 Å². The second-order valence-corrected chi connectivity index (χ2v) is 7.70. The second-order valence-electron chi connectivity index (χ2n) is 5.37. The lowest BCUT2D eigenvalue weighted by Crippen LogP contribution is -2.34. The predicted octanol–water partition coefficient (Wildman–Crippen LogP) is 3.00. The lowest BCUT2D eigenvalue weighted by molar-refractivity contribution is 0.420. The Morgan fingerprint density at radius 1 is 1.22 bits per heavy atom. The van der Waals surface area contributed by atoms with Gasteiger partial charge >= 0.3 is 0 Å². The molecular formula is C13H20BrNO2S. The fourth-order valence-electron chi connectivity index (χ4n) is 1.30. The molecule has 0 saturated carbocycles. The highest BCUT2D eigenvalue weighted by molar-refractivity contribution is 9.09. The molecule has 0 saturated heterocycles. The molecular weight excluding hydrogens is 314 g/mol. The second kappa shape index (κ2) is 5.72. The SMILES string of the molecule is Cc1ccc(S(=O)(=O)NCC(C)(C)CBr)cc1C. The van der Waals surface area contributed by atoms with Crippen molar-refractivity contribution in [3.05, 3.63) is 29.3 Å². The lowest BCUT2D eigenvalue weighted by atomic mass is 9.98. The van der Waals surface area contributed by atoms with E-state index in [4.69, 9.17) is 0 Å². The molecule has 1 rings (SSSR count). The van der Waals surface area contributed by atoms with Crippen molar-refractivity contribution in [3.8, 4) is 0 Å². The van der Waals surface area contributed by atoms with Gasteiger partial charge in [0.2, 0.25) is 10.0 Å². The zero-order valence-corrected chi connectivity index (χ0v) is 13.7. The molecule has 5 heteroatoms. The third-order valence-corrected chi connectivity index (χ3v) is 5.81. The van der Waals surface area contributed by atoms with Crippen molar-refractivity contribution in [2.45, 2.75) is 32.6 Å². The number of nitrogens with one attached hydrogen (secondary N) is 1. The van der Waals surface area contributed by atoms with E-state index < -0.39 is 10.0 Å². The van der Waals surface area contributed by atoms with E-state index in [2.05, 4.69) is 20.7 Å². The first-order chi connectivity index (χ1) is 8.18. The maximum Gasteiger partial charge on any atom is 0.240 e. The molecule has 0 aliphatic rings. The molecule has 0 spiro atoms. The van der Waals surface area contributed by atoms with Crippen molar-refractivity contribution < 1.29 is 8.42 Å². The third kappa shape index (κ3) is 4.07. The molecule has 0 unspecified atom stereocenters. The number of sulfonamides is 1. The molecule has 0 amide bonds. The number of halogens is 1. The minimum Gasteiger partial charge on any atom is -0.211 e. The normalized spacial score (nSPS) is 12.7. The van der Waals surface area contributed by atoms with Gasteiger partial charge in [0.25, 0.3) is 0 Å². The zero-order chi connectivity index (χ0) is 14.0. The fraction of sp³-hybridized carbons (Fsp3) is 0.538. The Balaban J connectivity index is 2.90. The van der Waals surface area contributed by atoms with Gasteiger partial charge in [-0.25, -0.2) is 13.1 Å². The Labute approximate surface area is 118 Å². The zero-order valence-electron chi connectivity index (χ0n) is 11.2. The minimum absolute atomic E-state index is 0.104. The highest BCUT2D eigenvalue weighted by atomic mass is 79.9. The number of benzene rings is 1. The third-order valence-electron chi connectivity index (χ3n) is 2.89. The van der Waals surface area contributed by atoms with Crippen LogP contribution in [0.1, 0.15) is 25.0 Å². The van der Waals surface area contributed by atoms with Crippen LogP contribution in [-0.4, -0.2) is 20.3 Å². The molecule has 102 valence electrons. The van der Waals surface area contributed by atoms with Gasteiger partial charge in [0.15, 0.2) is 0 Å². The Hall–Kier alpha value is -0.390. The van der Waals surface area contributed by atoms with E-state index in [1.165, 1.54) is 0 Å². The van der Waals surface area contributed by atoms with Gasteiger partial charge in [0.1, 0.15) is 0 Å². The highest BCUT2D eigenvalue weighted by Gasteiger charge is 2.21. The molecule has 1 N–H and O–H groups in total. The Morgan fingerprint density at radius 2 is 1.83 bits per heavy atom. The van der Waals surface area contributed by atoms with Crippen LogP contribution in [0.25, 0.3) is 0 Å². The van der Waals surface area contributed by atoms with Crippen LogP contribution in [-0.2, 0) is 10.0 Å². The predicted molar refractivity (Wildman–Crippen MR) is 78.7 cm³/mol. The number of aryl methyl sites for hydroxylation is 2. The molecule has 0 radical (unpaired) electrons. The van der Waals surface area contributed by atoms with Crippen molar-refractivity contribution in [2.24, 2.45) is 5.41 Å². The van der Waals surface area contributed by atoms with Crippen molar-refractivity contribution in [3.63, 3.8) is 0 Å². The fourth-order valence-corrected chi connectivity index (χ4v) is 2.83. The van der Waals surface area contributed by atoms with Gasteiger partial charge in [-0.3, -0.25) is 0 Å². The molecule has 0 aliphatic heterocycles. The molecule has 0 bridgehead atoms. The Kier molecular flexibility index (Phi) is 4.98. The van der Waals surface area contributed by atoms with Gasteiger partial charge in [0, 0.05) is 11.9 Å². The van der Waals surface area contributed by atoms with E-state index in [-0.39, 0.29) is 5.41 Å². The molecule has 1 aromatic rings. The largest absolute Gasteiger partial charge is 0.240 e. The summed E-state index contributed by atoms with van der Waals surface area (Å²) in [5.41, 5.74) is 1.97. The van der Waals surface area contributed by atoms with Gasteiger partial charge in [0.05, 0.1) is 4.90 Å². The molecule has 0 fully saturated rings. The number of hydrogen-bond donors (Lipinski definition) is 1. The van der Waals surface area contributed by atoms with Gasteiger partial charge in [-0.2, -0.15) is 0 Å². The molecule has 3 nitrogen and oxygen atoms in total. The monoisotopic (exact) mass is 333 g/mol. The Bertz CT molecular complexity index is 524. The van der Waals surface area contributed by atoms with Crippen LogP contribution < -0.4 is 4.72 Å². The quantitative estimate of drug-likeness (QED) is 0.842. The number of hydrogen-bond acceptors (Lipinski definition) is 2. The van der Waals surface area contributed by atoms with E-state index in [0.717, 1.165) is 16.5 Å². The summed E-state index contributed by atoms with van der Waals surface area (Å²) in [6, 6.07) is 5.18. The molecule has 0 atom stereocenters. The maximum absolute atomic E-state index is 12.1. The standard InChI is InChI=1S/C13H20BrNO2S/c1-10-5-6-12(7-11(10)2)18(16,17)15-9-13(3,4)8-14/h5-7,15H,8-9H2,1-4H3. The van der Waals surface area contributed by atoms with E-state index >= 15 is 0 Å². The molecule has 0 aromatic heterocycles. The van der Waals surface area contributed by atoms with Crippen molar-refractivity contribution >= 4 is 26.0 Å². The minimum atomic E-state index is -3.41. The summed E-state index contributed by atoms with van der Waals surface area (Å²) in [5, 5.41) is 0.745. The average Bonchev–Trinajstić information content (AvgIpc) is 2.30. The van der Waals surface area contributed by atoms with Gasteiger partial charge in [-0.1, -0.05) is 35.8 Å². The topological polar surface area (TPSA) is 46.2 Å². The molecule has 0 heterocycles. The summed E-state index contributed by atoms with van der Waals surface area (Å²) >= 11 is 3.38. The Morgan fingerprint density at radius 3 is 2.33 bits per heavy atom. The van der Waals surface area contributed by atoms with E-state index in [0.29, 0.717) is 11.4 Å². The van der Waals surface area contributed by atoms with Crippen LogP contribution in [0, 0.1) is 19.3 Å². The molecule has 0 aliphatic carbocycles. The van der Waals surface area contributed by atoms with E-state index in [9.17, 15) is 8.42 Å². The van der Waals surface area contributed by atoms with Crippen LogP contribution in [0.15, 0.2) is 23.1 Å². The maximum atomic E-state index is 12.1. The average molecular weight is 334 g/mol. The first kappa shape index (κ1) is 15.7. The smallest absolute Gasteiger partial charge is 0.211 e. The van der Waals surface area contributed by atoms with Crippen LogP contribution in [0.2, 0.25) is 0 Å². The van der Waals surface area contributed by atoms with E-state index in [1.807, 2.05) is 33.8 Å². The first-order valence-electron chi connectivity index (χ1n) is 5.81. The summed E-state index contributed by atoms with van der Waals surface area (Å²) < 4.78 is 26.9. The summed E-state index contributed by atoms with van der Waals surface area (Å²) in [6.07, 6.45) is 0. The van der Waals surface area contributed by atoms with Crippen molar-refractivity contribution in [2.75, 3.05) is 11.9 Å². The summed E-state index contributed by atoms with van der Waals surface area (Å²) in [6.45, 7) is 8.30. The summed E-state index contributed by atoms with van der Waals surface area (Å²) in [4.78, 5) is 0.330. The molecule has 18 heavy (non-hydrogen) atoms. The van der Waals surface area contributed by atoms with Crippen molar-refractivity contribution in [1.29, 1.82) is 0 Å². The lowest BCUT2D eigenvalue weighted by Gasteiger charge is -2.21. The first-order valence-corrected chi connectivity index (χ1v) is 8.41. The molecule has 1 aromatic carbocycles. The number of alkyl halides is 1. The van der Waals surface area contributed by atoms with Gasteiger partial charge in [-0.15, -0.1) is 0 Å². The number of rotatable bonds is 5. The summed E-state index contributed by atoms with van der Waals surface area (Å²) in [5.74, 6) is 0. The van der Waals surface area contributed by atoms with Crippen LogP contribution in [0.3, 0.4) is 0 Å². The van der Waals surface area contributed by atoms with Gasteiger partial charge < -0.3 is 0 Å². The van der Waals surface area contributed by atoms with Crippen LogP contribution >= 0.6 is 15.9 Å². The van der Waals surface area contributed by atoms with Crippen LogP contribution in [0.4, 0.5) is 0 Å². The van der Waals surface area contributed by atoms with E-state index in [1.54, 1.807) is 12.1 Å². The summed E-state index contributed by atoms with van der Waals surface area (Å²) in [7, 11) is -3.41. The van der Waals surface area contributed by atoms with Crippen LogP contribution in [0.5, 0.6) is 0 Å². The van der Waals surface area contributed by atoms with Crippen molar-refractivity contribution in [1.82, 2.24) is 4.72 Å². The highest BCUT2D eigenvalue weighted by Crippen LogP contribution is 2.19.